The van der Waals surface area contributed by atoms with Crippen molar-refractivity contribution in [2.24, 2.45) is 0 Å². The van der Waals surface area contributed by atoms with Crippen molar-refractivity contribution in [1.82, 2.24) is 0 Å². The zero-order chi connectivity index (χ0) is 22.5. The van der Waals surface area contributed by atoms with E-state index in [0.29, 0.717) is 5.56 Å². The lowest BCUT2D eigenvalue weighted by molar-refractivity contribution is -0.394. The molecule has 2 N–H and O–H groups in total. The Hall–Kier alpha value is -4.31. The normalized spacial score (nSPS) is 10.2. The van der Waals surface area contributed by atoms with E-state index >= 15 is 0 Å². The van der Waals surface area contributed by atoms with Gasteiger partial charge in [0.15, 0.2) is 0 Å². The third kappa shape index (κ3) is 5.19. The number of nitrogens with one attached hydrogen (secondary N) is 2. The largest absolute Gasteiger partial charge is 0.322 e. The van der Waals surface area contributed by atoms with Crippen LogP contribution in [0.4, 0.5) is 22.7 Å². The molecule has 0 fully saturated rings. The summed E-state index contributed by atoms with van der Waals surface area (Å²) in [4.78, 5) is 45.2. The highest BCUT2D eigenvalue weighted by Crippen LogP contribution is 2.27. The van der Waals surface area contributed by atoms with Crippen molar-refractivity contribution in [3.63, 3.8) is 0 Å². The minimum absolute atomic E-state index is 0.215. The van der Waals surface area contributed by atoms with Crippen molar-refractivity contribution in [3.8, 4) is 0 Å². The number of hydrogen-bond donors (Lipinski definition) is 2. The van der Waals surface area contributed by atoms with Gasteiger partial charge in [0.05, 0.1) is 32.2 Å². The van der Waals surface area contributed by atoms with Crippen LogP contribution in [-0.2, 0) is 0 Å². The Morgan fingerprint density at radius 1 is 0.742 bits per heavy atom. The zero-order valence-electron chi connectivity index (χ0n) is 15.6. The molecule has 3 aromatic carbocycles. The van der Waals surface area contributed by atoms with Crippen LogP contribution in [0.3, 0.4) is 0 Å². The van der Waals surface area contributed by atoms with Crippen LogP contribution in [0.25, 0.3) is 0 Å². The summed E-state index contributed by atoms with van der Waals surface area (Å²) in [5.74, 6) is -1.23. The molecule has 0 spiro atoms. The molecule has 0 aliphatic carbocycles. The predicted octanol–water partition coefficient (Wildman–Crippen LogP) is 4.66. The average molecular weight is 441 g/mol. The van der Waals surface area contributed by atoms with E-state index < -0.39 is 33.0 Å². The van der Waals surface area contributed by atoms with Crippen LogP contribution in [0.2, 0.25) is 5.02 Å². The number of carbonyl (C=O) groups excluding carboxylic acids is 2. The Balaban J connectivity index is 1.84. The molecule has 0 aliphatic rings. The number of amides is 2. The van der Waals surface area contributed by atoms with Gasteiger partial charge in [-0.2, -0.15) is 0 Å². The molecule has 3 aromatic rings. The number of carbonyl (C=O) groups is 2. The highest BCUT2D eigenvalue weighted by molar-refractivity contribution is 6.34. The van der Waals surface area contributed by atoms with E-state index in [9.17, 15) is 29.8 Å². The van der Waals surface area contributed by atoms with E-state index in [1.165, 1.54) is 18.2 Å². The van der Waals surface area contributed by atoms with Gasteiger partial charge in [-0.05, 0) is 30.3 Å². The van der Waals surface area contributed by atoms with E-state index in [-0.39, 0.29) is 22.0 Å². The summed E-state index contributed by atoms with van der Waals surface area (Å²) in [7, 11) is 0. The predicted molar refractivity (Wildman–Crippen MR) is 114 cm³/mol. The van der Waals surface area contributed by atoms with E-state index in [1.54, 1.807) is 30.3 Å². The lowest BCUT2D eigenvalue weighted by Crippen LogP contribution is -2.14. The molecule has 0 saturated carbocycles. The minimum Gasteiger partial charge on any atom is -0.322 e. The Morgan fingerprint density at radius 3 is 1.90 bits per heavy atom. The Labute approximate surface area is 179 Å². The molecule has 31 heavy (non-hydrogen) atoms. The van der Waals surface area contributed by atoms with Gasteiger partial charge in [-0.25, -0.2) is 0 Å². The van der Waals surface area contributed by atoms with Crippen LogP contribution in [-0.4, -0.2) is 21.7 Å². The van der Waals surface area contributed by atoms with Crippen LogP contribution >= 0.6 is 11.6 Å². The topological polar surface area (TPSA) is 144 Å². The number of nitrogens with zero attached hydrogens (tertiary/aromatic N) is 2. The second-order valence-electron chi connectivity index (χ2n) is 6.22. The number of hydrogen-bond acceptors (Lipinski definition) is 6. The van der Waals surface area contributed by atoms with Crippen LogP contribution in [0.5, 0.6) is 0 Å². The number of anilines is 2. The Bertz CT molecular complexity index is 1170. The van der Waals surface area contributed by atoms with Crippen molar-refractivity contribution in [2.45, 2.75) is 0 Å². The van der Waals surface area contributed by atoms with Crippen molar-refractivity contribution in [1.29, 1.82) is 0 Å². The van der Waals surface area contributed by atoms with E-state index in [1.807, 2.05) is 0 Å². The maximum Gasteiger partial charge on any atom is 0.277 e. The third-order valence-electron chi connectivity index (χ3n) is 4.09. The summed E-state index contributed by atoms with van der Waals surface area (Å²) < 4.78 is 0. The fourth-order valence-corrected chi connectivity index (χ4v) is 2.79. The van der Waals surface area contributed by atoms with Crippen molar-refractivity contribution in [3.05, 3.63) is 103 Å². The van der Waals surface area contributed by atoms with Crippen LogP contribution in [0.15, 0.2) is 66.7 Å². The Morgan fingerprint density at radius 2 is 1.32 bits per heavy atom. The molecular formula is C20H13ClN4O6. The lowest BCUT2D eigenvalue weighted by Gasteiger charge is -2.11. The second-order valence-corrected chi connectivity index (χ2v) is 6.63. The number of halogens is 1. The number of nitro benzene ring substituents is 2. The summed E-state index contributed by atoms with van der Waals surface area (Å²) in [6.45, 7) is 0. The summed E-state index contributed by atoms with van der Waals surface area (Å²) in [6.07, 6.45) is 0. The van der Waals surface area contributed by atoms with Crippen LogP contribution in [0, 0.1) is 20.2 Å². The van der Waals surface area contributed by atoms with Crippen molar-refractivity contribution in [2.75, 3.05) is 10.6 Å². The summed E-state index contributed by atoms with van der Waals surface area (Å²) in [6, 6.07) is 15.3. The maximum atomic E-state index is 12.5. The molecule has 0 radical (unpaired) electrons. The van der Waals surface area contributed by atoms with Crippen LogP contribution in [0.1, 0.15) is 20.7 Å². The molecular weight excluding hydrogens is 428 g/mol. The number of rotatable bonds is 6. The smallest absolute Gasteiger partial charge is 0.277 e. The first-order chi connectivity index (χ1) is 14.7. The van der Waals surface area contributed by atoms with Gasteiger partial charge in [-0.3, -0.25) is 29.8 Å². The van der Waals surface area contributed by atoms with Gasteiger partial charge in [0, 0.05) is 23.4 Å². The molecule has 3 rings (SSSR count). The van der Waals surface area contributed by atoms with Gasteiger partial charge in [0.2, 0.25) is 0 Å². The first-order valence-electron chi connectivity index (χ1n) is 8.66. The lowest BCUT2D eigenvalue weighted by atomic mass is 10.1. The average Bonchev–Trinajstić information content (AvgIpc) is 2.76. The molecule has 0 heterocycles. The first-order valence-corrected chi connectivity index (χ1v) is 9.03. The van der Waals surface area contributed by atoms with Crippen molar-refractivity contribution < 1.29 is 19.4 Å². The summed E-state index contributed by atoms with van der Waals surface area (Å²) >= 11 is 6.12. The van der Waals surface area contributed by atoms with E-state index in [4.69, 9.17) is 11.6 Å². The molecule has 0 bridgehead atoms. The second kappa shape index (κ2) is 9.01. The van der Waals surface area contributed by atoms with Gasteiger partial charge >= 0.3 is 0 Å². The molecule has 0 saturated heterocycles. The Kier molecular flexibility index (Phi) is 6.22. The molecule has 10 nitrogen and oxygen atoms in total. The summed E-state index contributed by atoms with van der Waals surface area (Å²) in [5.41, 5.74) is -0.620. The van der Waals surface area contributed by atoms with E-state index in [0.717, 1.165) is 18.2 Å². The highest BCUT2D eigenvalue weighted by Gasteiger charge is 2.20. The fourth-order valence-electron chi connectivity index (χ4n) is 2.62. The molecule has 11 heteroatoms. The third-order valence-corrected chi connectivity index (χ3v) is 4.42. The fraction of sp³-hybridized carbons (Fsp3) is 0. The summed E-state index contributed by atoms with van der Waals surface area (Å²) in [5, 5.41) is 27.3. The van der Waals surface area contributed by atoms with E-state index in [2.05, 4.69) is 10.6 Å². The molecule has 0 atom stereocenters. The molecule has 0 aliphatic heterocycles. The molecule has 2 amide bonds. The monoisotopic (exact) mass is 440 g/mol. The van der Waals surface area contributed by atoms with Crippen LogP contribution < -0.4 is 10.6 Å². The van der Waals surface area contributed by atoms with Gasteiger partial charge in [0.1, 0.15) is 0 Å². The SMILES string of the molecule is O=C(Nc1ccc(Cl)c(NC(=O)c2ccccc2)c1)c1cc([N+](=O)[O-])cc([N+](=O)[O-])c1. The van der Waals surface area contributed by atoms with Crippen molar-refractivity contribution >= 4 is 46.2 Å². The number of non-ortho nitro benzene ring substituents is 2. The van der Waals surface area contributed by atoms with Gasteiger partial charge < -0.3 is 10.6 Å². The molecule has 0 aromatic heterocycles. The minimum atomic E-state index is -0.830. The van der Waals surface area contributed by atoms with Gasteiger partial charge in [-0.15, -0.1) is 0 Å². The molecule has 156 valence electrons. The first kappa shape index (κ1) is 21.4. The maximum absolute atomic E-state index is 12.5. The van der Waals surface area contributed by atoms with Gasteiger partial charge in [-0.1, -0.05) is 29.8 Å². The quantitative estimate of drug-likeness (QED) is 0.421. The number of benzene rings is 3. The number of nitro groups is 2. The highest BCUT2D eigenvalue weighted by atomic mass is 35.5. The molecule has 0 unspecified atom stereocenters. The van der Waals surface area contributed by atoms with Gasteiger partial charge in [0.25, 0.3) is 23.2 Å². The standard InChI is InChI=1S/C20H13ClN4O6/c21-17-7-6-14(10-18(17)23-19(26)12-4-2-1-3-5-12)22-20(27)13-8-15(24(28)29)11-16(9-13)25(30)31/h1-11H,(H,22,27)(H,23,26). The zero-order valence-corrected chi connectivity index (χ0v) is 16.3.